The number of hydrogen-bond acceptors (Lipinski definition) is 6. The molecule has 8 nitrogen and oxygen atoms in total. The maximum absolute atomic E-state index is 13.9. The highest BCUT2D eigenvalue weighted by Crippen LogP contribution is 2.44. The van der Waals surface area contributed by atoms with Gasteiger partial charge in [0, 0.05) is 13.0 Å². The highest BCUT2D eigenvalue weighted by molar-refractivity contribution is 5.98. The van der Waals surface area contributed by atoms with E-state index in [2.05, 4.69) is 15.7 Å². The van der Waals surface area contributed by atoms with Crippen molar-refractivity contribution < 1.29 is 32.2 Å². The third kappa shape index (κ3) is 4.09. The van der Waals surface area contributed by atoms with Gasteiger partial charge < -0.3 is 24.8 Å². The van der Waals surface area contributed by atoms with E-state index in [0.29, 0.717) is 22.8 Å². The second-order valence-electron chi connectivity index (χ2n) is 7.98. The van der Waals surface area contributed by atoms with Crippen LogP contribution in [0.5, 0.6) is 17.2 Å². The van der Waals surface area contributed by atoms with Crippen molar-refractivity contribution in [3.63, 3.8) is 0 Å². The molecule has 0 saturated heterocycles. The first kappa shape index (κ1) is 21.9. The van der Waals surface area contributed by atoms with Gasteiger partial charge in [-0.2, -0.15) is 18.3 Å². The van der Waals surface area contributed by atoms with Gasteiger partial charge in [0.25, 0.3) is 5.91 Å². The maximum atomic E-state index is 13.9. The number of carbonyl (C=O) groups excluding carboxylic acids is 1. The SMILES string of the molecule is COc1ccc(C2CC(C(F)(F)F)n3ncc(C(=O)NCc4ccc5c(c4)OCO5)c3N2)cc1. The van der Waals surface area contributed by atoms with Gasteiger partial charge in [0.15, 0.2) is 17.5 Å². The summed E-state index contributed by atoms with van der Waals surface area (Å²) in [6, 6.07) is 9.50. The third-order valence-electron chi connectivity index (χ3n) is 5.89. The quantitative estimate of drug-likeness (QED) is 0.576. The Labute approximate surface area is 192 Å². The summed E-state index contributed by atoms with van der Waals surface area (Å²) in [6.07, 6.45) is -3.64. The molecule has 34 heavy (non-hydrogen) atoms. The van der Waals surface area contributed by atoms with Gasteiger partial charge in [-0.3, -0.25) is 4.79 Å². The van der Waals surface area contributed by atoms with E-state index in [1.165, 1.54) is 7.11 Å². The Kier molecular flexibility index (Phi) is 5.46. The Balaban J connectivity index is 1.38. The lowest BCUT2D eigenvalue weighted by Gasteiger charge is -2.34. The van der Waals surface area contributed by atoms with E-state index in [1.807, 2.05) is 0 Å². The van der Waals surface area contributed by atoms with Gasteiger partial charge in [0.05, 0.1) is 19.3 Å². The molecule has 5 rings (SSSR count). The molecule has 1 amide bonds. The summed E-state index contributed by atoms with van der Waals surface area (Å²) in [6.45, 7) is 0.291. The first-order chi connectivity index (χ1) is 16.3. The molecule has 178 valence electrons. The van der Waals surface area contributed by atoms with Crippen LogP contribution < -0.4 is 24.8 Å². The first-order valence-corrected chi connectivity index (χ1v) is 10.5. The van der Waals surface area contributed by atoms with Crippen LogP contribution in [-0.4, -0.2) is 35.8 Å². The topological polar surface area (TPSA) is 86.6 Å². The zero-order valence-corrected chi connectivity index (χ0v) is 18.1. The zero-order valence-electron chi connectivity index (χ0n) is 18.1. The van der Waals surface area contributed by atoms with E-state index in [0.717, 1.165) is 16.4 Å². The molecule has 2 unspecified atom stereocenters. The number of methoxy groups -OCH3 is 1. The number of anilines is 1. The molecule has 3 heterocycles. The first-order valence-electron chi connectivity index (χ1n) is 10.5. The Morgan fingerprint density at radius 3 is 2.71 bits per heavy atom. The molecular formula is C23H21F3N4O4. The number of carbonyl (C=O) groups is 1. The fourth-order valence-electron chi connectivity index (χ4n) is 4.11. The molecule has 2 aliphatic rings. The summed E-state index contributed by atoms with van der Waals surface area (Å²) in [5.74, 6) is 1.28. The minimum absolute atomic E-state index is 0.0255. The van der Waals surface area contributed by atoms with E-state index < -0.39 is 24.2 Å². The average molecular weight is 474 g/mol. The van der Waals surface area contributed by atoms with Gasteiger partial charge >= 0.3 is 6.18 Å². The summed E-state index contributed by atoms with van der Waals surface area (Å²) in [5, 5.41) is 9.72. The molecule has 0 aliphatic carbocycles. The van der Waals surface area contributed by atoms with Crippen LogP contribution in [0.3, 0.4) is 0 Å². The second-order valence-corrected chi connectivity index (χ2v) is 7.98. The largest absolute Gasteiger partial charge is 0.497 e. The van der Waals surface area contributed by atoms with E-state index >= 15 is 0 Å². The number of hydrogen-bond donors (Lipinski definition) is 2. The standard InChI is InChI=1S/C23H21F3N4O4/c1-32-15-5-3-14(4-6-15)17-9-20(23(24,25)26)30-21(29-17)16(11-28-30)22(31)27-10-13-2-7-18-19(8-13)34-12-33-18/h2-8,11,17,20,29H,9-10,12H2,1H3,(H,27,31). The van der Waals surface area contributed by atoms with Crippen molar-refractivity contribution in [2.45, 2.75) is 31.2 Å². The minimum Gasteiger partial charge on any atom is -0.497 e. The molecule has 0 bridgehead atoms. The Bertz CT molecular complexity index is 1210. The van der Waals surface area contributed by atoms with E-state index in [4.69, 9.17) is 14.2 Å². The molecule has 0 fully saturated rings. The number of halogens is 3. The van der Waals surface area contributed by atoms with Crippen LogP contribution in [0.4, 0.5) is 19.0 Å². The van der Waals surface area contributed by atoms with Gasteiger partial charge in [-0.05, 0) is 35.4 Å². The summed E-state index contributed by atoms with van der Waals surface area (Å²) in [7, 11) is 1.51. The number of benzene rings is 2. The van der Waals surface area contributed by atoms with Gasteiger partial charge in [0.1, 0.15) is 17.1 Å². The summed E-state index contributed by atoms with van der Waals surface area (Å²) in [5.41, 5.74) is 1.44. The fourth-order valence-corrected chi connectivity index (χ4v) is 4.11. The van der Waals surface area contributed by atoms with Crippen LogP contribution >= 0.6 is 0 Å². The predicted molar refractivity (Wildman–Crippen MR) is 115 cm³/mol. The number of ether oxygens (including phenoxy) is 3. The zero-order chi connectivity index (χ0) is 23.9. The van der Waals surface area contributed by atoms with Crippen LogP contribution in [0.15, 0.2) is 48.7 Å². The normalized spacial score (nSPS) is 18.7. The third-order valence-corrected chi connectivity index (χ3v) is 5.89. The lowest BCUT2D eigenvalue weighted by atomic mass is 9.96. The van der Waals surface area contributed by atoms with Gasteiger partial charge in [0.2, 0.25) is 6.79 Å². The van der Waals surface area contributed by atoms with Crippen molar-refractivity contribution in [3.05, 3.63) is 65.4 Å². The number of aromatic nitrogens is 2. The maximum Gasteiger partial charge on any atom is 0.410 e. The van der Waals surface area contributed by atoms with Crippen molar-refractivity contribution in [1.29, 1.82) is 0 Å². The van der Waals surface area contributed by atoms with Gasteiger partial charge in [-0.15, -0.1) is 0 Å². The van der Waals surface area contributed by atoms with Crippen molar-refractivity contribution in [3.8, 4) is 17.2 Å². The van der Waals surface area contributed by atoms with E-state index in [-0.39, 0.29) is 31.1 Å². The molecule has 2 aliphatic heterocycles. The van der Waals surface area contributed by atoms with Crippen molar-refractivity contribution in [1.82, 2.24) is 15.1 Å². The average Bonchev–Trinajstić information content (AvgIpc) is 3.48. The van der Waals surface area contributed by atoms with Crippen LogP contribution in [0, 0.1) is 0 Å². The Morgan fingerprint density at radius 1 is 1.21 bits per heavy atom. The Hall–Kier alpha value is -3.89. The summed E-state index contributed by atoms with van der Waals surface area (Å²) in [4.78, 5) is 12.9. The number of nitrogens with one attached hydrogen (secondary N) is 2. The highest BCUT2D eigenvalue weighted by Gasteiger charge is 2.47. The fraction of sp³-hybridized carbons (Fsp3) is 0.304. The smallest absolute Gasteiger partial charge is 0.410 e. The minimum atomic E-state index is -4.53. The monoisotopic (exact) mass is 474 g/mol. The number of amides is 1. The molecule has 0 radical (unpaired) electrons. The molecule has 0 saturated carbocycles. The van der Waals surface area contributed by atoms with Crippen LogP contribution in [-0.2, 0) is 6.54 Å². The number of nitrogens with zero attached hydrogens (tertiary/aromatic N) is 2. The highest BCUT2D eigenvalue weighted by atomic mass is 19.4. The van der Waals surface area contributed by atoms with Crippen LogP contribution in [0.25, 0.3) is 0 Å². The lowest BCUT2D eigenvalue weighted by molar-refractivity contribution is -0.173. The van der Waals surface area contributed by atoms with Crippen molar-refractivity contribution in [2.24, 2.45) is 0 Å². The molecule has 2 atom stereocenters. The van der Waals surface area contributed by atoms with E-state index in [9.17, 15) is 18.0 Å². The summed E-state index contributed by atoms with van der Waals surface area (Å²) < 4.78 is 58.2. The number of alkyl halides is 3. The van der Waals surface area contributed by atoms with Crippen molar-refractivity contribution >= 4 is 11.7 Å². The van der Waals surface area contributed by atoms with Crippen molar-refractivity contribution in [2.75, 3.05) is 19.2 Å². The molecule has 2 N–H and O–H groups in total. The number of rotatable bonds is 5. The molecule has 0 spiro atoms. The molecule has 1 aromatic heterocycles. The molecule has 11 heteroatoms. The second kappa shape index (κ2) is 8.47. The van der Waals surface area contributed by atoms with Crippen LogP contribution in [0.1, 0.15) is 40.0 Å². The lowest BCUT2D eigenvalue weighted by Crippen LogP contribution is -2.36. The Morgan fingerprint density at radius 2 is 1.97 bits per heavy atom. The molecular weight excluding hydrogens is 453 g/mol. The van der Waals surface area contributed by atoms with Gasteiger partial charge in [-0.1, -0.05) is 18.2 Å². The van der Waals surface area contributed by atoms with Crippen LogP contribution in [0.2, 0.25) is 0 Å². The molecule has 3 aromatic rings. The van der Waals surface area contributed by atoms with E-state index in [1.54, 1.807) is 42.5 Å². The summed E-state index contributed by atoms with van der Waals surface area (Å²) >= 11 is 0. The molecule has 2 aromatic carbocycles. The van der Waals surface area contributed by atoms with Gasteiger partial charge in [-0.25, -0.2) is 4.68 Å². The number of fused-ring (bicyclic) bond motifs is 2. The predicted octanol–water partition coefficient (Wildman–Crippen LogP) is 4.21.